The Hall–Kier alpha value is -0.240. The summed E-state index contributed by atoms with van der Waals surface area (Å²) in [6, 6.07) is 0. The Kier molecular flexibility index (Phi) is 95.5. The van der Waals surface area contributed by atoms with Crippen LogP contribution in [0.3, 0.4) is 0 Å². The summed E-state index contributed by atoms with van der Waals surface area (Å²) in [4.78, 5) is 16.7. The van der Waals surface area contributed by atoms with Gasteiger partial charge in [0.2, 0.25) is 12.2 Å². The SMILES string of the molecule is N=C=O.N=C=O.[NaH]. The van der Waals surface area contributed by atoms with Crippen LogP contribution in [0.2, 0.25) is 0 Å². The van der Waals surface area contributed by atoms with Gasteiger partial charge in [0, 0.05) is 0 Å². The van der Waals surface area contributed by atoms with E-state index in [0.717, 1.165) is 12.2 Å². The summed E-state index contributed by atoms with van der Waals surface area (Å²) in [5, 5.41) is 10.8. The quantitative estimate of drug-likeness (QED) is 0.242. The van der Waals surface area contributed by atoms with E-state index in [0.29, 0.717) is 0 Å². The third kappa shape index (κ3) is 1410. The van der Waals surface area contributed by atoms with Crippen molar-refractivity contribution < 1.29 is 9.59 Å². The molecule has 0 aliphatic carbocycles. The van der Waals surface area contributed by atoms with Crippen molar-refractivity contribution in [2.75, 3.05) is 0 Å². The van der Waals surface area contributed by atoms with Crippen molar-refractivity contribution in [2.45, 2.75) is 0 Å². The number of isocyanates is 2. The summed E-state index contributed by atoms with van der Waals surface area (Å²) in [6.45, 7) is 0. The molecule has 0 radical (unpaired) electrons. The fourth-order valence-electron chi connectivity index (χ4n) is 0. The van der Waals surface area contributed by atoms with Gasteiger partial charge in [0.05, 0.1) is 0 Å². The van der Waals surface area contributed by atoms with Gasteiger partial charge < -0.3 is 0 Å². The van der Waals surface area contributed by atoms with Gasteiger partial charge in [-0.1, -0.05) is 0 Å². The van der Waals surface area contributed by atoms with Crippen LogP contribution in [-0.4, -0.2) is 41.7 Å². The van der Waals surface area contributed by atoms with Gasteiger partial charge in [-0.15, -0.1) is 0 Å². The molecule has 2 N–H and O–H groups in total. The van der Waals surface area contributed by atoms with Gasteiger partial charge in [-0.05, 0) is 0 Å². The van der Waals surface area contributed by atoms with Crippen LogP contribution < -0.4 is 0 Å². The maximum absolute atomic E-state index is 8.35. The fraction of sp³-hybridized carbons (Fsp3) is 0. The monoisotopic (exact) mass is 110 g/mol. The van der Waals surface area contributed by atoms with Crippen LogP contribution in [0.25, 0.3) is 0 Å². The van der Waals surface area contributed by atoms with Gasteiger partial charge in [0.15, 0.2) is 0 Å². The summed E-state index contributed by atoms with van der Waals surface area (Å²) in [5.74, 6) is 0. The molecule has 0 saturated heterocycles. The van der Waals surface area contributed by atoms with Gasteiger partial charge in [-0.3, -0.25) is 0 Å². The maximum atomic E-state index is 8.35. The third-order valence-electron chi connectivity index (χ3n) is 0. The minimum atomic E-state index is 0. The molecule has 0 unspecified atom stereocenters. The number of hydrogen-bond acceptors (Lipinski definition) is 4. The summed E-state index contributed by atoms with van der Waals surface area (Å²) in [7, 11) is 0. The summed E-state index contributed by atoms with van der Waals surface area (Å²) in [5.41, 5.74) is 0. The molecule has 0 aliphatic rings. The van der Waals surface area contributed by atoms with E-state index >= 15 is 0 Å². The Morgan fingerprint density at radius 2 is 1.00 bits per heavy atom. The van der Waals surface area contributed by atoms with E-state index < -0.39 is 0 Å². The molecule has 4 nitrogen and oxygen atoms in total. The summed E-state index contributed by atoms with van der Waals surface area (Å²) < 4.78 is 0. The van der Waals surface area contributed by atoms with Crippen molar-refractivity contribution in [3.05, 3.63) is 0 Å². The standard InChI is InChI=1S/2CHNO.Na.H/c2*2-1-3;;/h2*2H;;. The Bertz CT molecular complexity index is 67.7. The van der Waals surface area contributed by atoms with Gasteiger partial charge in [0.1, 0.15) is 0 Å². The number of hydrogen-bond donors (Lipinski definition) is 2. The molecule has 0 atom stereocenters. The minimum absolute atomic E-state index is 0. The first-order chi connectivity index (χ1) is 2.83. The van der Waals surface area contributed by atoms with Crippen molar-refractivity contribution >= 4 is 41.7 Å². The average molecular weight is 110 g/mol. The van der Waals surface area contributed by atoms with Crippen LogP contribution in [0.1, 0.15) is 0 Å². The van der Waals surface area contributed by atoms with E-state index in [2.05, 4.69) is 0 Å². The number of rotatable bonds is 0. The molecule has 0 rings (SSSR count). The van der Waals surface area contributed by atoms with Crippen LogP contribution in [0.5, 0.6) is 0 Å². The molecule has 0 aromatic rings. The first-order valence-electron chi connectivity index (χ1n) is 0.908. The van der Waals surface area contributed by atoms with Gasteiger partial charge >= 0.3 is 29.6 Å². The first-order valence-corrected chi connectivity index (χ1v) is 0.908. The zero-order chi connectivity index (χ0) is 5.41. The topological polar surface area (TPSA) is 81.8 Å². The number of nitrogens with one attached hydrogen (secondary N) is 2. The molecule has 7 heavy (non-hydrogen) atoms. The summed E-state index contributed by atoms with van der Waals surface area (Å²) in [6.07, 6.45) is 1.50. The van der Waals surface area contributed by atoms with E-state index in [1.807, 2.05) is 0 Å². The van der Waals surface area contributed by atoms with E-state index in [1.54, 1.807) is 0 Å². The fourth-order valence-corrected chi connectivity index (χ4v) is 0. The number of carbonyl (C=O) groups excluding carboxylic acids is 2. The van der Waals surface area contributed by atoms with Crippen molar-refractivity contribution in [3.63, 3.8) is 0 Å². The zero-order valence-corrected chi connectivity index (χ0v) is 2.82. The van der Waals surface area contributed by atoms with Gasteiger partial charge in [-0.2, -0.15) is 0 Å². The molecule has 5 heteroatoms. The van der Waals surface area contributed by atoms with E-state index in [1.165, 1.54) is 0 Å². The molecular formula is C2H3N2NaO2. The van der Waals surface area contributed by atoms with Crippen LogP contribution >= 0.6 is 0 Å². The van der Waals surface area contributed by atoms with Crippen LogP contribution in [0.4, 0.5) is 0 Å². The Balaban J connectivity index is -0.0000000400. The molecule has 0 aromatic heterocycles. The zero-order valence-electron chi connectivity index (χ0n) is 2.82. The predicted octanol–water partition coefficient (Wildman–Crippen LogP) is -0.847. The second-order valence-corrected chi connectivity index (χ2v) is 0.204. The van der Waals surface area contributed by atoms with Crippen molar-refractivity contribution in [3.8, 4) is 0 Å². The molecule has 0 saturated carbocycles. The summed E-state index contributed by atoms with van der Waals surface area (Å²) >= 11 is 0. The van der Waals surface area contributed by atoms with Gasteiger partial charge in [-0.25, -0.2) is 20.4 Å². The third-order valence-corrected chi connectivity index (χ3v) is 0. The molecule has 0 heterocycles. The van der Waals surface area contributed by atoms with Crippen LogP contribution in [-0.2, 0) is 9.59 Å². The second kappa shape index (κ2) is 42.1. The molecule has 0 amide bonds. The normalized spacial score (nSPS) is 2.29. The molecule has 0 fully saturated rings. The second-order valence-electron chi connectivity index (χ2n) is 0.204. The molecule has 0 spiro atoms. The Labute approximate surface area is 62.2 Å². The van der Waals surface area contributed by atoms with Crippen molar-refractivity contribution in [1.29, 1.82) is 10.8 Å². The van der Waals surface area contributed by atoms with Gasteiger partial charge in [0.25, 0.3) is 0 Å². The average Bonchev–Trinajstić information content (AvgIpc) is 1.39. The van der Waals surface area contributed by atoms with E-state index in [4.69, 9.17) is 20.4 Å². The first kappa shape index (κ1) is 15.9. The van der Waals surface area contributed by atoms with E-state index in [9.17, 15) is 0 Å². The van der Waals surface area contributed by atoms with Crippen molar-refractivity contribution in [1.82, 2.24) is 0 Å². The molecule has 34 valence electrons. The predicted molar refractivity (Wildman–Crippen MR) is 24.0 cm³/mol. The molecule has 0 aliphatic heterocycles. The molecule has 0 aromatic carbocycles. The van der Waals surface area contributed by atoms with E-state index in [-0.39, 0.29) is 29.6 Å². The van der Waals surface area contributed by atoms with Crippen LogP contribution in [0, 0.1) is 10.8 Å². The Morgan fingerprint density at radius 3 is 1.00 bits per heavy atom. The molecular weight excluding hydrogens is 107 g/mol. The van der Waals surface area contributed by atoms with Crippen molar-refractivity contribution in [2.24, 2.45) is 0 Å². The Morgan fingerprint density at radius 1 is 1.00 bits per heavy atom. The molecule has 0 bridgehead atoms. The van der Waals surface area contributed by atoms with Crippen LogP contribution in [0.15, 0.2) is 0 Å².